The lowest BCUT2D eigenvalue weighted by molar-refractivity contribution is 0.101. The largest absolute Gasteiger partial charge is 0.294 e. The monoisotopic (exact) mass is 317 g/mol. The number of thioether (sulfide) groups is 1. The van der Waals surface area contributed by atoms with Crippen LogP contribution in [0.2, 0.25) is 0 Å². The van der Waals surface area contributed by atoms with E-state index in [9.17, 15) is 4.79 Å². The minimum absolute atomic E-state index is 0.0440. The molecule has 0 aliphatic rings. The summed E-state index contributed by atoms with van der Waals surface area (Å²) >= 11 is 1.82. The van der Waals surface area contributed by atoms with Crippen molar-refractivity contribution in [2.75, 3.05) is 5.75 Å². The Kier molecular flexibility index (Phi) is 11.1. The molecule has 2 aromatic rings. The molecular formula is C19H27NOS. The highest BCUT2D eigenvalue weighted by atomic mass is 32.2. The fourth-order valence-corrected chi connectivity index (χ4v) is 2.36. The second-order valence-electron chi connectivity index (χ2n) is 3.98. The molecule has 0 radical (unpaired) electrons. The SMILES string of the molecule is CC.CC.CCSc1ccc(-c2cncc(C(C)=O)c2)cc1. The molecule has 0 aliphatic carbocycles. The number of carbonyl (C=O) groups excluding carboxylic acids is 1. The van der Waals surface area contributed by atoms with E-state index < -0.39 is 0 Å². The molecule has 0 saturated carbocycles. The normalized spacial score (nSPS) is 9.00. The minimum Gasteiger partial charge on any atom is -0.294 e. The minimum atomic E-state index is 0.0440. The van der Waals surface area contributed by atoms with Gasteiger partial charge in [-0.2, -0.15) is 0 Å². The van der Waals surface area contributed by atoms with Crippen molar-refractivity contribution in [3.63, 3.8) is 0 Å². The van der Waals surface area contributed by atoms with Gasteiger partial charge >= 0.3 is 0 Å². The molecule has 0 saturated heterocycles. The van der Waals surface area contributed by atoms with E-state index in [1.807, 2.05) is 45.5 Å². The van der Waals surface area contributed by atoms with Crippen molar-refractivity contribution in [1.82, 2.24) is 4.98 Å². The number of ketones is 1. The number of Topliss-reactive ketones (excluding diaryl/α,β-unsaturated/α-hetero) is 1. The van der Waals surface area contributed by atoms with Gasteiger partial charge in [-0.05, 0) is 36.4 Å². The fraction of sp³-hybridized carbons (Fsp3) is 0.368. The van der Waals surface area contributed by atoms with Gasteiger partial charge in [0.25, 0.3) is 0 Å². The van der Waals surface area contributed by atoms with E-state index in [4.69, 9.17) is 0 Å². The molecule has 3 heteroatoms. The van der Waals surface area contributed by atoms with Crippen LogP contribution in [-0.4, -0.2) is 16.5 Å². The summed E-state index contributed by atoms with van der Waals surface area (Å²) in [6.45, 7) is 11.7. The van der Waals surface area contributed by atoms with Crippen molar-refractivity contribution in [2.24, 2.45) is 0 Å². The molecule has 1 aromatic carbocycles. The van der Waals surface area contributed by atoms with Crippen molar-refractivity contribution < 1.29 is 4.79 Å². The van der Waals surface area contributed by atoms with E-state index in [-0.39, 0.29) is 5.78 Å². The summed E-state index contributed by atoms with van der Waals surface area (Å²) in [6.07, 6.45) is 3.39. The zero-order valence-electron chi connectivity index (χ0n) is 14.5. The Morgan fingerprint density at radius 3 is 2.09 bits per heavy atom. The molecule has 0 N–H and O–H groups in total. The van der Waals surface area contributed by atoms with Gasteiger partial charge in [-0.1, -0.05) is 46.8 Å². The van der Waals surface area contributed by atoms with Crippen molar-refractivity contribution >= 4 is 17.5 Å². The molecule has 2 rings (SSSR count). The number of pyridine rings is 1. The maximum absolute atomic E-state index is 11.3. The van der Waals surface area contributed by atoms with Crippen LogP contribution in [0.5, 0.6) is 0 Å². The summed E-state index contributed by atoms with van der Waals surface area (Å²) < 4.78 is 0. The lowest BCUT2D eigenvalue weighted by atomic mass is 10.1. The van der Waals surface area contributed by atoms with Gasteiger partial charge in [-0.3, -0.25) is 9.78 Å². The number of nitrogens with zero attached hydrogens (tertiary/aromatic N) is 1. The summed E-state index contributed by atoms with van der Waals surface area (Å²) in [6, 6.07) is 10.2. The van der Waals surface area contributed by atoms with Crippen molar-refractivity contribution in [3.8, 4) is 11.1 Å². The van der Waals surface area contributed by atoms with Crippen LogP contribution in [0.1, 0.15) is 51.9 Å². The van der Waals surface area contributed by atoms with Gasteiger partial charge in [0.2, 0.25) is 0 Å². The molecule has 0 amide bonds. The third kappa shape index (κ3) is 6.44. The lowest BCUT2D eigenvalue weighted by Gasteiger charge is -2.04. The van der Waals surface area contributed by atoms with Crippen molar-refractivity contribution in [3.05, 3.63) is 48.3 Å². The molecule has 1 heterocycles. The van der Waals surface area contributed by atoms with Gasteiger partial charge < -0.3 is 0 Å². The van der Waals surface area contributed by atoms with Gasteiger partial charge in [0, 0.05) is 28.4 Å². The summed E-state index contributed by atoms with van der Waals surface area (Å²) in [5.74, 6) is 1.11. The Labute approximate surface area is 139 Å². The average molecular weight is 317 g/mol. The Hall–Kier alpha value is -1.61. The maximum atomic E-state index is 11.3. The first kappa shape index (κ1) is 20.4. The smallest absolute Gasteiger partial charge is 0.161 e. The van der Waals surface area contributed by atoms with Crippen LogP contribution in [0, 0.1) is 0 Å². The molecule has 0 aliphatic heterocycles. The van der Waals surface area contributed by atoms with Crippen LogP contribution in [0.3, 0.4) is 0 Å². The Morgan fingerprint density at radius 2 is 1.59 bits per heavy atom. The van der Waals surface area contributed by atoms with Crippen LogP contribution >= 0.6 is 11.8 Å². The zero-order valence-corrected chi connectivity index (χ0v) is 15.3. The molecular weight excluding hydrogens is 290 g/mol. The second kappa shape index (κ2) is 12.0. The van der Waals surface area contributed by atoms with Crippen LogP contribution in [0.4, 0.5) is 0 Å². The third-order valence-corrected chi connectivity index (χ3v) is 3.54. The second-order valence-corrected chi connectivity index (χ2v) is 5.31. The number of carbonyl (C=O) groups is 1. The fourth-order valence-electron chi connectivity index (χ4n) is 1.70. The summed E-state index contributed by atoms with van der Waals surface area (Å²) in [4.78, 5) is 16.7. The first-order valence-corrected chi connectivity index (χ1v) is 8.88. The quantitative estimate of drug-likeness (QED) is 0.503. The molecule has 0 atom stereocenters. The molecule has 120 valence electrons. The first-order chi connectivity index (χ1) is 10.7. The molecule has 0 unspecified atom stereocenters. The van der Waals surface area contributed by atoms with Crippen LogP contribution < -0.4 is 0 Å². The molecule has 0 fully saturated rings. The Bertz CT molecular complexity index is 550. The van der Waals surface area contributed by atoms with Gasteiger partial charge in [0.15, 0.2) is 5.78 Å². The number of aromatic nitrogens is 1. The van der Waals surface area contributed by atoms with E-state index >= 15 is 0 Å². The highest BCUT2D eigenvalue weighted by molar-refractivity contribution is 7.99. The topological polar surface area (TPSA) is 30.0 Å². The number of rotatable bonds is 4. The van der Waals surface area contributed by atoms with Gasteiger partial charge in [0.1, 0.15) is 0 Å². The highest BCUT2D eigenvalue weighted by Crippen LogP contribution is 2.24. The van der Waals surface area contributed by atoms with E-state index in [2.05, 4.69) is 36.2 Å². The standard InChI is InChI=1S/C15H15NOS.2C2H6/c1-3-18-15-6-4-12(5-7-15)14-8-13(11(2)17)9-16-10-14;2*1-2/h4-10H,3H2,1-2H3;2*1-2H3. The van der Waals surface area contributed by atoms with Crippen molar-refractivity contribution in [1.29, 1.82) is 0 Å². The van der Waals surface area contributed by atoms with Crippen LogP contribution in [0.25, 0.3) is 11.1 Å². The van der Waals surface area contributed by atoms with Gasteiger partial charge in [-0.25, -0.2) is 0 Å². The summed E-state index contributed by atoms with van der Waals surface area (Å²) in [5, 5.41) is 0. The number of benzene rings is 1. The van der Waals surface area contributed by atoms with Crippen LogP contribution in [-0.2, 0) is 0 Å². The first-order valence-electron chi connectivity index (χ1n) is 7.90. The highest BCUT2D eigenvalue weighted by Gasteiger charge is 2.03. The zero-order chi connectivity index (χ0) is 17.0. The molecule has 22 heavy (non-hydrogen) atoms. The Morgan fingerprint density at radius 1 is 1.00 bits per heavy atom. The number of hydrogen-bond donors (Lipinski definition) is 0. The molecule has 1 aromatic heterocycles. The molecule has 2 nitrogen and oxygen atoms in total. The molecule has 0 spiro atoms. The van der Waals surface area contributed by atoms with E-state index in [0.29, 0.717) is 5.56 Å². The predicted octanol–water partition coefficient (Wildman–Crippen LogP) is 6.12. The maximum Gasteiger partial charge on any atom is 0.161 e. The lowest BCUT2D eigenvalue weighted by Crippen LogP contribution is -1.93. The summed E-state index contributed by atoms with van der Waals surface area (Å²) in [7, 11) is 0. The van der Waals surface area contributed by atoms with E-state index in [0.717, 1.165) is 16.9 Å². The average Bonchev–Trinajstić information content (AvgIpc) is 2.59. The van der Waals surface area contributed by atoms with Gasteiger partial charge in [-0.15, -0.1) is 11.8 Å². The summed E-state index contributed by atoms with van der Waals surface area (Å²) in [5.41, 5.74) is 2.72. The molecule has 0 bridgehead atoms. The van der Waals surface area contributed by atoms with Crippen LogP contribution in [0.15, 0.2) is 47.6 Å². The third-order valence-electron chi connectivity index (χ3n) is 2.64. The van der Waals surface area contributed by atoms with Crippen molar-refractivity contribution in [2.45, 2.75) is 46.4 Å². The predicted molar refractivity (Wildman–Crippen MR) is 98.8 cm³/mol. The Balaban J connectivity index is 0.00000102. The number of hydrogen-bond acceptors (Lipinski definition) is 3. The van der Waals surface area contributed by atoms with E-state index in [1.54, 1.807) is 19.3 Å². The van der Waals surface area contributed by atoms with Gasteiger partial charge in [0.05, 0.1) is 0 Å². The van der Waals surface area contributed by atoms with E-state index in [1.165, 1.54) is 4.90 Å².